The second-order valence-electron chi connectivity index (χ2n) is 5.01. The minimum atomic E-state index is -0.812. The Bertz CT molecular complexity index is 700. The Morgan fingerprint density at radius 3 is 2.45 bits per heavy atom. The molecule has 2 aromatic carbocycles. The average molecular weight is 332 g/mol. The van der Waals surface area contributed by atoms with Gasteiger partial charge in [0, 0.05) is 5.02 Å². The van der Waals surface area contributed by atoms with Gasteiger partial charge >= 0.3 is 5.97 Å². The lowest BCUT2D eigenvalue weighted by molar-refractivity contribution is -0.136. The zero-order valence-electron chi connectivity index (χ0n) is 11.6. The average Bonchev–Trinajstić information content (AvgIpc) is 2.92. The van der Waals surface area contributed by atoms with Gasteiger partial charge in [-0.05, 0) is 23.3 Å². The molecule has 0 saturated carbocycles. The molecular weight excluding hydrogens is 318 g/mol. The monoisotopic (exact) mass is 331 g/mol. The molecular formula is C17H14ClNO2S. The van der Waals surface area contributed by atoms with Crippen LogP contribution in [0.2, 0.25) is 5.02 Å². The molecule has 0 aromatic heterocycles. The van der Waals surface area contributed by atoms with Crippen LogP contribution in [0.15, 0.2) is 59.6 Å². The van der Waals surface area contributed by atoms with Crippen molar-refractivity contribution < 1.29 is 9.90 Å². The zero-order valence-corrected chi connectivity index (χ0v) is 13.2. The summed E-state index contributed by atoms with van der Waals surface area (Å²) < 4.78 is 0. The molecule has 3 nitrogen and oxygen atoms in total. The van der Waals surface area contributed by atoms with Crippen LogP contribution in [0.1, 0.15) is 22.9 Å². The number of hydrogen-bond donors (Lipinski definition) is 1. The van der Waals surface area contributed by atoms with Crippen LogP contribution >= 0.6 is 23.4 Å². The van der Waals surface area contributed by atoms with E-state index < -0.39 is 5.97 Å². The predicted molar refractivity (Wildman–Crippen MR) is 90.8 cm³/mol. The molecule has 1 heterocycles. The number of hydrogen-bond acceptors (Lipinski definition) is 3. The summed E-state index contributed by atoms with van der Waals surface area (Å²) in [6, 6.07) is 17.3. The summed E-state index contributed by atoms with van der Waals surface area (Å²) in [7, 11) is 0. The quantitative estimate of drug-likeness (QED) is 0.902. The molecule has 112 valence electrons. The van der Waals surface area contributed by atoms with Crippen molar-refractivity contribution in [2.24, 2.45) is 4.99 Å². The number of aliphatic imine (C=N–C) groups is 1. The van der Waals surface area contributed by atoms with Gasteiger partial charge in [-0.3, -0.25) is 9.79 Å². The Labute approximate surface area is 138 Å². The first-order valence-electron chi connectivity index (χ1n) is 6.89. The van der Waals surface area contributed by atoms with Crippen LogP contribution < -0.4 is 0 Å². The summed E-state index contributed by atoms with van der Waals surface area (Å²) in [5, 5.41) is 9.60. The van der Waals surface area contributed by atoms with E-state index in [0.29, 0.717) is 5.02 Å². The van der Waals surface area contributed by atoms with E-state index in [9.17, 15) is 4.79 Å². The molecule has 2 aromatic rings. The normalized spacial score (nSPS) is 20.7. The Balaban J connectivity index is 1.94. The summed E-state index contributed by atoms with van der Waals surface area (Å²) in [5.41, 5.74) is 2.85. The van der Waals surface area contributed by atoms with Crippen molar-refractivity contribution in [2.45, 2.75) is 17.0 Å². The highest BCUT2D eigenvalue weighted by atomic mass is 35.5. The minimum absolute atomic E-state index is 0.0590. The maximum Gasteiger partial charge on any atom is 0.304 e. The lowest BCUT2D eigenvalue weighted by Crippen LogP contribution is -2.18. The number of carboxylic acid groups (broad SMARTS) is 1. The minimum Gasteiger partial charge on any atom is -0.481 e. The molecule has 0 bridgehead atoms. The Morgan fingerprint density at radius 2 is 1.82 bits per heavy atom. The number of carboxylic acids is 1. The van der Waals surface area contributed by atoms with Crippen LogP contribution in [0.25, 0.3) is 0 Å². The van der Waals surface area contributed by atoms with Crippen molar-refractivity contribution >= 4 is 35.0 Å². The van der Waals surface area contributed by atoms with Crippen LogP contribution in [0.4, 0.5) is 0 Å². The number of rotatable bonds is 4. The molecule has 5 heteroatoms. The van der Waals surface area contributed by atoms with Gasteiger partial charge in [0.1, 0.15) is 5.37 Å². The van der Waals surface area contributed by atoms with Crippen molar-refractivity contribution in [3.8, 4) is 0 Å². The molecule has 1 aliphatic rings. The maximum absolute atomic E-state index is 11.1. The molecule has 0 saturated heterocycles. The van der Waals surface area contributed by atoms with E-state index in [1.54, 1.807) is 23.9 Å². The maximum atomic E-state index is 11.1. The van der Waals surface area contributed by atoms with Gasteiger partial charge in [-0.25, -0.2) is 0 Å². The fraction of sp³-hybridized carbons (Fsp3) is 0.176. The Morgan fingerprint density at radius 1 is 1.14 bits per heavy atom. The highest BCUT2D eigenvalue weighted by molar-refractivity contribution is 8.01. The van der Waals surface area contributed by atoms with Gasteiger partial charge in [-0.15, -0.1) is 11.8 Å². The molecule has 0 radical (unpaired) electrons. The van der Waals surface area contributed by atoms with Crippen molar-refractivity contribution in [3.63, 3.8) is 0 Å². The third-order valence-electron chi connectivity index (χ3n) is 3.44. The van der Waals surface area contributed by atoms with Gasteiger partial charge in [0.2, 0.25) is 0 Å². The molecule has 1 aliphatic heterocycles. The van der Waals surface area contributed by atoms with Crippen LogP contribution in [-0.4, -0.2) is 22.0 Å². The van der Waals surface area contributed by atoms with E-state index in [2.05, 4.69) is 0 Å². The number of aliphatic carboxylic acids is 1. The first-order valence-corrected chi connectivity index (χ1v) is 8.21. The smallest absolute Gasteiger partial charge is 0.304 e. The van der Waals surface area contributed by atoms with Crippen molar-refractivity contribution in [3.05, 3.63) is 70.7 Å². The molecule has 3 rings (SSSR count). The second kappa shape index (κ2) is 6.55. The fourth-order valence-corrected chi connectivity index (χ4v) is 3.91. The zero-order chi connectivity index (χ0) is 15.5. The van der Waals surface area contributed by atoms with Gasteiger partial charge in [-0.2, -0.15) is 0 Å². The molecule has 0 fully saturated rings. The summed E-state index contributed by atoms with van der Waals surface area (Å²) in [6.45, 7) is 0. The van der Waals surface area contributed by atoms with Crippen LogP contribution in [-0.2, 0) is 4.79 Å². The van der Waals surface area contributed by atoms with Gasteiger partial charge in [-0.1, -0.05) is 54.1 Å². The molecule has 0 amide bonds. The summed E-state index contributed by atoms with van der Waals surface area (Å²) >= 11 is 7.51. The number of nitrogens with zero attached hydrogens (tertiary/aromatic N) is 1. The van der Waals surface area contributed by atoms with E-state index in [4.69, 9.17) is 21.7 Å². The van der Waals surface area contributed by atoms with E-state index >= 15 is 0 Å². The van der Waals surface area contributed by atoms with E-state index in [0.717, 1.165) is 16.8 Å². The van der Waals surface area contributed by atoms with Crippen LogP contribution in [0.3, 0.4) is 0 Å². The first-order chi connectivity index (χ1) is 10.6. The van der Waals surface area contributed by atoms with Gasteiger partial charge in [0.05, 0.1) is 17.4 Å². The topological polar surface area (TPSA) is 49.7 Å². The summed E-state index contributed by atoms with van der Waals surface area (Å²) in [5.74, 6) is -0.812. The third-order valence-corrected chi connectivity index (χ3v) is 5.05. The number of halogens is 1. The number of carbonyl (C=O) groups is 1. The van der Waals surface area contributed by atoms with Gasteiger partial charge < -0.3 is 5.11 Å². The highest BCUT2D eigenvalue weighted by Crippen LogP contribution is 2.42. The predicted octanol–water partition coefficient (Wildman–Crippen LogP) is 4.42. The lowest BCUT2D eigenvalue weighted by atomic mass is 10.1. The fourth-order valence-electron chi connectivity index (χ4n) is 2.42. The lowest BCUT2D eigenvalue weighted by Gasteiger charge is -2.11. The molecule has 0 spiro atoms. The van der Waals surface area contributed by atoms with Crippen molar-refractivity contribution in [2.75, 3.05) is 0 Å². The van der Waals surface area contributed by atoms with Gasteiger partial charge in [0.15, 0.2) is 0 Å². The molecule has 0 aliphatic carbocycles. The molecule has 22 heavy (non-hydrogen) atoms. The molecule has 1 N–H and O–H groups in total. The molecule has 2 atom stereocenters. The Kier molecular flexibility index (Phi) is 4.50. The van der Waals surface area contributed by atoms with E-state index in [1.165, 1.54) is 0 Å². The van der Waals surface area contributed by atoms with E-state index in [-0.39, 0.29) is 17.0 Å². The van der Waals surface area contributed by atoms with Crippen LogP contribution in [0.5, 0.6) is 0 Å². The standard InChI is InChI=1S/C17H14ClNO2S/c18-13-8-6-11(7-9-13)16-14(10-15(20)21)22-17(19-16)12-4-2-1-3-5-12/h1-9,14,17H,10H2,(H,20,21). The second-order valence-corrected chi connectivity index (χ2v) is 6.73. The van der Waals surface area contributed by atoms with Gasteiger partial charge in [0.25, 0.3) is 0 Å². The summed E-state index contributed by atoms with van der Waals surface area (Å²) in [6.07, 6.45) is 0.0649. The highest BCUT2D eigenvalue weighted by Gasteiger charge is 2.32. The SMILES string of the molecule is O=C(O)CC1SC(c2ccccc2)N=C1c1ccc(Cl)cc1. The van der Waals surface area contributed by atoms with Crippen molar-refractivity contribution in [1.29, 1.82) is 0 Å². The number of thioether (sulfide) groups is 1. The third kappa shape index (κ3) is 3.34. The largest absolute Gasteiger partial charge is 0.481 e. The molecule has 2 unspecified atom stereocenters. The van der Waals surface area contributed by atoms with Crippen molar-refractivity contribution in [1.82, 2.24) is 0 Å². The van der Waals surface area contributed by atoms with E-state index in [1.807, 2.05) is 42.5 Å². The summed E-state index contributed by atoms with van der Waals surface area (Å²) in [4.78, 5) is 15.9. The first kappa shape index (κ1) is 15.1. The van der Waals surface area contributed by atoms with Crippen LogP contribution in [0, 0.1) is 0 Å². The Hall–Kier alpha value is -1.78. The number of benzene rings is 2.